The molecule has 1 heterocycles. The summed E-state index contributed by atoms with van der Waals surface area (Å²) in [6, 6.07) is 12.6. The number of nitrogens with one attached hydrogen (secondary N) is 1. The fraction of sp³-hybridized carbons (Fsp3) is 0.476. The van der Waals surface area contributed by atoms with Crippen LogP contribution in [0.5, 0.6) is 0 Å². The molecule has 1 aromatic heterocycles. The van der Waals surface area contributed by atoms with Crippen LogP contribution in [0, 0.1) is 0 Å². The molecule has 3 rings (SSSR count). The monoisotopic (exact) mass is 352 g/mol. The molecule has 1 aromatic carbocycles. The van der Waals surface area contributed by atoms with Crippen LogP contribution >= 0.6 is 0 Å². The summed E-state index contributed by atoms with van der Waals surface area (Å²) < 4.78 is 0. The molecule has 26 heavy (non-hydrogen) atoms. The Hall–Kier alpha value is -2.43. The smallest absolute Gasteiger partial charge is 0.270 e. The molecule has 2 aromatic rings. The summed E-state index contributed by atoms with van der Waals surface area (Å²) in [6.45, 7) is 5.01. The highest BCUT2D eigenvalue weighted by molar-refractivity contribution is 5.93. The Labute approximate surface area is 155 Å². The highest BCUT2D eigenvalue weighted by atomic mass is 16.1. The molecule has 1 aliphatic rings. The first-order chi connectivity index (χ1) is 12.6. The molecule has 1 saturated carbocycles. The van der Waals surface area contributed by atoms with Gasteiger partial charge in [0, 0.05) is 24.7 Å². The lowest BCUT2D eigenvalue weighted by molar-refractivity contribution is 0.0922. The third-order valence-corrected chi connectivity index (χ3v) is 4.94. The SMILES string of the molecule is CC(C)N(Cc1ccccc1)c1cc(C(=O)NC2CCCCC2)ncn1. The molecule has 0 bridgehead atoms. The van der Waals surface area contributed by atoms with E-state index in [0.717, 1.165) is 25.2 Å². The zero-order chi connectivity index (χ0) is 18.4. The van der Waals surface area contributed by atoms with Gasteiger partial charge in [-0.25, -0.2) is 9.97 Å². The number of aromatic nitrogens is 2. The van der Waals surface area contributed by atoms with Crippen LogP contribution in [0.4, 0.5) is 5.82 Å². The van der Waals surface area contributed by atoms with E-state index in [1.165, 1.54) is 31.2 Å². The second-order valence-electron chi connectivity index (χ2n) is 7.28. The van der Waals surface area contributed by atoms with Gasteiger partial charge >= 0.3 is 0 Å². The summed E-state index contributed by atoms with van der Waals surface area (Å²) in [7, 11) is 0. The Bertz CT molecular complexity index is 711. The molecule has 5 heteroatoms. The molecule has 1 N–H and O–H groups in total. The summed E-state index contributed by atoms with van der Waals surface area (Å²) in [4.78, 5) is 23.4. The minimum atomic E-state index is -0.0935. The Morgan fingerprint density at radius 3 is 2.58 bits per heavy atom. The fourth-order valence-corrected chi connectivity index (χ4v) is 3.44. The highest BCUT2D eigenvalue weighted by Gasteiger charge is 2.19. The lowest BCUT2D eigenvalue weighted by Crippen LogP contribution is -2.37. The maximum Gasteiger partial charge on any atom is 0.270 e. The van der Waals surface area contributed by atoms with E-state index in [-0.39, 0.29) is 18.0 Å². The number of amides is 1. The second kappa shape index (κ2) is 8.79. The van der Waals surface area contributed by atoms with Crippen LogP contribution in [0.2, 0.25) is 0 Å². The number of hydrogen-bond donors (Lipinski definition) is 1. The largest absolute Gasteiger partial charge is 0.350 e. The van der Waals surface area contributed by atoms with Gasteiger partial charge in [0.15, 0.2) is 0 Å². The number of rotatable bonds is 6. The molecule has 0 spiro atoms. The van der Waals surface area contributed by atoms with Crippen LogP contribution in [0.1, 0.15) is 62.0 Å². The second-order valence-corrected chi connectivity index (χ2v) is 7.28. The van der Waals surface area contributed by atoms with Crippen LogP contribution in [-0.4, -0.2) is 28.0 Å². The Morgan fingerprint density at radius 2 is 1.88 bits per heavy atom. The van der Waals surface area contributed by atoms with Crippen molar-refractivity contribution in [3.05, 3.63) is 54.0 Å². The first-order valence-electron chi connectivity index (χ1n) is 9.57. The summed E-state index contributed by atoms with van der Waals surface area (Å²) in [6.07, 6.45) is 7.28. The number of carbonyl (C=O) groups excluding carboxylic acids is 1. The van der Waals surface area contributed by atoms with Crippen LogP contribution in [0.25, 0.3) is 0 Å². The third kappa shape index (κ3) is 4.81. The summed E-state index contributed by atoms with van der Waals surface area (Å²) in [5.41, 5.74) is 1.66. The van der Waals surface area contributed by atoms with Crippen molar-refractivity contribution in [2.75, 3.05) is 4.90 Å². The van der Waals surface area contributed by atoms with E-state index in [9.17, 15) is 4.79 Å². The molecule has 0 radical (unpaired) electrons. The van der Waals surface area contributed by atoms with Crippen molar-refractivity contribution in [3.8, 4) is 0 Å². The van der Waals surface area contributed by atoms with E-state index in [1.807, 2.05) is 18.2 Å². The zero-order valence-corrected chi connectivity index (χ0v) is 15.7. The Balaban J connectivity index is 1.74. The zero-order valence-electron chi connectivity index (χ0n) is 15.7. The molecule has 0 unspecified atom stereocenters. The van der Waals surface area contributed by atoms with Crippen LogP contribution in [0.15, 0.2) is 42.7 Å². The lowest BCUT2D eigenvalue weighted by atomic mass is 9.95. The molecular weight excluding hydrogens is 324 g/mol. The van der Waals surface area contributed by atoms with Gasteiger partial charge < -0.3 is 10.2 Å². The van der Waals surface area contributed by atoms with Crippen molar-refractivity contribution in [2.45, 2.75) is 64.6 Å². The molecule has 0 saturated heterocycles. The van der Waals surface area contributed by atoms with Crippen molar-refractivity contribution < 1.29 is 4.79 Å². The van der Waals surface area contributed by atoms with Gasteiger partial charge in [-0.15, -0.1) is 0 Å². The van der Waals surface area contributed by atoms with Gasteiger partial charge in [-0.05, 0) is 32.3 Å². The van der Waals surface area contributed by atoms with E-state index in [4.69, 9.17) is 0 Å². The lowest BCUT2D eigenvalue weighted by Gasteiger charge is -2.28. The number of benzene rings is 1. The Morgan fingerprint density at radius 1 is 1.15 bits per heavy atom. The molecule has 0 atom stereocenters. The number of anilines is 1. The first-order valence-corrected chi connectivity index (χ1v) is 9.57. The van der Waals surface area contributed by atoms with E-state index in [1.54, 1.807) is 6.07 Å². The van der Waals surface area contributed by atoms with Crippen molar-refractivity contribution >= 4 is 11.7 Å². The standard InChI is InChI=1S/C21H28N4O/c1-16(2)25(14-17-9-5-3-6-10-17)20-13-19(22-15-23-20)21(26)24-18-11-7-4-8-12-18/h3,5-6,9-10,13,15-16,18H,4,7-8,11-12,14H2,1-2H3,(H,24,26). The molecule has 0 aliphatic heterocycles. The van der Waals surface area contributed by atoms with Gasteiger partial charge in [0.2, 0.25) is 0 Å². The van der Waals surface area contributed by atoms with Gasteiger partial charge in [0.1, 0.15) is 17.8 Å². The minimum Gasteiger partial charge on any atom is -0.350 e. The third-order valence-electron chi connectivity index (χ3n) is 4.94. The van der Waals surface area contributed by atoms with Crippen LogP contribution < -0.4 is 10.2 Å². The van der Waals surface area contributed by atoms with Gasteiger partial charge in [-0.2, -0.15) is 0 Å². The van der Waals surface area contributed by atoms with E-state index in [0.29, 0.717) is 5.69 Å². The average Bonchev–Trinajstić information content (AvgIpc) is 2.67. The van der Waals surface area contributed by atoms with Crippen molar-refractivity contribution in [1.29, 1.82) is 0 Å². The number of hydrogen-bond acceptors (Lipinski definition) is 4. The summed E-state index contributed by atoms with van der Waals surface area (Å²) in [5.74, 6) is 0.691. The Kier molecular flexibility index (Phi) is 6.21. The normalized spacial score (nSPS) is 15.0. The summed E-state index contributed by atoms with van der Waals surface area (Å²) in [5, 5.41) is 3.13. The molecule has 1 amide bonds. The van der Waals surface area contributed by atoms with Gasteiger partial charge in [-0.3, -0.25) is 4.79 Å². The number of carbonyl (C=O) groups is 1. The highest BCUT2D eigenvalue weighted by Crippen LogP contribution is 2.20. The number of nitrogens with zero attached hydrogens (tertiary/aromatic N) is 3. The van der Waals surface area contributed by atoms with E-state index in [2.05, 4.69) is 46.2 Å². The van der Waals surface area contributed by atoms with E-state index < -0.39 is 0 Å². The predicted molar refractivity (Wildman–Crippen MR) is 104 cm³/mol. The quantitative estimate of drug-likeness (QED) is 0.855. The van der Waals surface area contributed by atoms with Crippen LogP contribution in [0.3, 0.4) is 0 Å². The van der Waals surface area contributed by atoms with Crippen LogP contribution in [-0.2, 0) is 6.54 Å². The van der Waals surface area contributed by atoms with Crippen molar-refractivity contribution in [3.63, 3.8) is 0 Å². The molecule has 138 valence electrons. The van der Waals surface area contributed by atoms with Crippen molar-refractivity contribution in [1.82, 2.24) is 15.3 Å². The van der Waals surface area contributed by atoms with Gasteiger partial charge in [0.05, 0.1) is 0 Å². The minimum absolute atomic E-state index is 0.0935. The van der Waals surface area contributed by atoms with Gasteiger partial charge in [-0.1, -0.05) is 49.6 Å². The van der Waals surface area contributed by atoms with Crippen molar-refractivity contribution in [2.24, 2.45) is 0 Å². The fourth-order valence-electron chi connectivity index (χ4n) is 3.44. The first kappa shape index (κ1) is 18.4. The molecule has 1 fully saturated rings. The van der Waals surface area contributed by atoms with E-state index >= 15 is 0 Å². The summed E-state index contributed by atoms with van der Waals surface area (Å²) >= 11 is 0. The average molecular weight is 352 g/mol. The maximum absolute atomic E-state index is 12.6. The molecular formula is C21H28N4O. The predicted octanol–water partition coefficient (Wildman–Crippen LogP) is 3.95. The maximum atomic E-state index is 12.6. The molecule has 1 aliphatic carbocycles. The molecule has 5 nitrogen and oxygen atoms in total. The van der Waals surface area contributed by atoms with Gasteiger partial charge in [0.25, 0.3) is 5.91 Å². The topological polar surface area (TPSA) is 58.1 Å².